The lowest BCUT2D eigenvalue weighted by Gasteiger charge is -2.09. The molecular formula is C13H20N2O3S. The van der Waals surface area contributed by atoms with Gasteiger partial charge in [-0.2, -0.15) is 0 Å². The summed E-state index contributed by atoms with van der Waals surface area (Å²) in [6.45, 7) is 2.38. The van der Waals surface area contributed by atoms with Crippen molar-refractivity contribution in [3.8, 4) is 0 Å². The number of benzene rings is 1. The number of amides is 1. The Balaban J connectivity index is 2.43. The molecule has 0 aromatic heterocycles. The molecule has 0 aliphatic rings. The normalized spacial score (nSPS) is 12.9. The zero-order valence-corrected chi connectivity index (χ0v) is 11.8. The van der Waals surface area contributed by atoms with E-state index in [1.165, 1.54) is 0 Å². The fourth-order valence-corrected chi connectivity index (χ4v) is 3.23. The second-order valence-corrected chi connectivity index (χ2v) is 6.77. The molecule has 1 rings (SSSR count). The van der Waals surface area contributed by atoms with E-state index in [0.717, 1.165) is 5.56 Å². The summed E-state index contributed by atoms with van der Waals surface area (Å²) in [7, 11) is -3.39. The minimum Gasteiger partial charge on any atom is -0.351 e. The van der Waals surface area contributed by atoms with Crippen molar-refractivity contribution in [2.24, 2.45) is 11.7 Å². The van der Waals surface area contributed by atoms with Crippen LogP contribution in [0.3, 0.4) is 0 Å². The van der Waals surface area contributed by atoms with Crippen LogP contribution in [-0.2, 0) is 21.2 Å². The zero-order chi connectivity index (χ0) is 14.3. The summed E-state index contributed by atoms with van der Waals surface area (Å²) >= 11 is 0. The monoisotopic (exact) mass is 284 g/mol. The molecule has 1 unspecified atom stereocenters. The number of carbonyl (C=O) groups is 1. The molecular weight excluding hydrogens is 264 g/mol. The van der Waals surface area contributed by atoms with Gasteiger partial charge in [0.05, 0.1) is 5.75 Å². The van der Waals surface area contributed by atoms with Gasteiger partial charge in [-0.1, -0.05) is 37.3 Å². The highest BCUT2D eigenvalue weighted by Gasteiger charge is 2.19. The molecule has 1 atom stereocenters. The topological polar surface area (TPSA) is 89.3 Å². The molecule has 19 heavy (non-hydrogen) atoms. The first-order chi connectivity index (χ1) is 8.93. The lowest BCUT2D eigenvalue weighted by molar-refractivity contribution is -0.118. The van der Waals surface area contributed by atoms with Crippen LogP contribution in [0.25, 0.3) is 0 Å². The summed E-state index contributed by atoms with van der Waals surface area (Å²) in [6.07, 6.45) is 0. The summed E-state index contributed by atoms with van der Waals surface area (Å²) in [5.74, 6) is -1.15. The van der Waals surface area contributed by atoms with Crippen molar-refractivity contribution in [2.45, 2.75) is 13.5 Å². The Morgan fingerprint density at radius 1 is 1.32 bits per heavy atom. The van der Waals surface area contributed by atoms with E-state index in [4.69, 9.17) is 5.73 Å². The molecule has 0 radical (unpaired) electrons. The van der Waals surface area contributed by atoms with Gasteiger partial charge in [0.2, 0.25) is 5.91 Å². The molecule has 6 heteroatoms. The Morgan fingerprint density at radius 2 is 1.95 bits per heavy atom. The molecule has 1 aromatic rings. The van der Waals surface area contributed by atoms with Crippen molar-refractivity contribution in [1.82, 2.24) is 5.32 Å². The first kappa shape index (κ1) is 15.7. The van der Waals surface area contributed by atoms with Crippen LogP contribution in [-0.4, -0.2) is 32.4 Å². The molecule has 0 saturated heterocycles. The third-order valence-corrected chi connectivity index (χ3v) is 4.40. The molecule has 0 saturated carbocycles. The van der Waals surface area contributed by atoms with E-state index in [0.29, 0.717) is 13.1 Å². The van der Waals surface area contributed by atoms with Crippen LogP contribution in [0, 0.1) is 5.92 Å². The summed E-state index contributed by atoms with van der Waals surface area (Å²) < 4.78 is 23.4. The Morgan fingerprint density at radius 3 is 2.53 bits per heavy atom. The highest BCUT2D eigenvalue weighted by atomic mass is 32.2. The maximum atomic E-state index is 11.7. The SMILES string of the molecule is CC(CN)CS(=O)(=O)CC(=O)NCc1ccccc1. The lowest BCUT2D eigenvalue weighted by atomic mass is 10.2. The zero-order valence-electron chi connectivity index (χ0n) is 11.0. The van der Waals surface area contributed by atoms with Gasteiger partial charge in [0.1, 0.15) is 5.75 Å². The van der Waals surface area contributed by atoms with Crippen molar-refractivity contribution >= 4 is 15.7 Å². The fourth-order valence-electron chi connectivity index (χ4n) is 1.61. The van der Waals surface area contributed by atoms with Gasteiger partial charge in [0, 0.05) is 6.54 Å². The second kappa shape index (κ2) is 7.25. The van der Waals surface area contributed by atoms with Crippen LogP contribution < -0.4 is 11.1 Å². The maximum Gasteiger partial charge on any atom is 0.235 e. The quantitative estimate of drug-likeness (QED) is 0.754. The number of nitrogens with one attached hydrogen (secondary N) is 1. The molecule has 0 aliphatic heterocycles. The first-order valence-corrected chi connectivity index (χ1v) is 7.96. The van der Waals surface area contributed by atoms with Gasteiger partial charge >= 0.3 is 0 Å². The molecule has 0 spiro atoms. The standard InChI is InChI=1S/C13H20N2O3S/c1-11(7-14)9-19(17,18)10-13(16)15-8-12-5-3-2-4-6-12/h2-6,11H,7-10,14H2,1H3,(H,15,16). The van der Waals surface area contributed by atoms with Crippen molar-refractivity contribution in [3.63, 3.8) is 0 Å². The van der Waals surface area contributed by atoms with Crippen molar-refractivity contribution in [1.29, 1.82) is 0 Å². The highest BCUT2D eigenvalue weighted by molar-refractivity contribution is 7.92. The van der Waals surface area contributed by atoms with E-state index in [2.05, 4.69) is 5.32 Å². The number of nitrogens with two attached hydrogens (primary N) is 1. The van der Waals surface area contributed by atoms with Crippen LogP contribution in [0.15, 0.2) is 30.3 Å². The van der Waals surface area contributed by atoms with Gasteiger partial charge in [-0.3, -0.25) is 4.79 Å². The predicted molar refractivity (Wildman–Crippen MR) is 75.2 cm³/mol. The molecule has 0 fully saturated rings. The first-order valence-electron chi connectivity index (χ1n) is 6.14. The smallest absolute Gasteiger partial charge is 0.235 e. The van der Waals surface area contributed by atoms with Gasteiger partial charge in [-0.05, 0) is 18.0 Å². The summed E-state index contributed by atoms with van der Waals surface area (Å²) in [5.41, 5.74) is 6.31. The lowest BCUT2D eigenvalue weighted by Crippen LogP contribution is -2.33. The Labute approximate surface area is 114 Å². The largest absolute Gasteiger partial charge is 0.351 e. The molecule has 106 valence electrons. The average molecular weight is 284 g/mol. The Bertz CT molecular complexity index is 500. The number of hydrogen-bond donors (Lipinski definition) is 2. The van der Waals surface area contributed by atoms with Gasteiger partial charge in [0.25, 0.3) is 0 Å². The molecule has 3 N–H and O–H groups in total. The maximum absolute atomic E-state index is 11.7. The van der Waals surface area contributed by atoms with E-state index in [1.807, 2.05) is 30.3 Å². The molecule has 1 aromatic carbocycles. The summed E-state index contributed by atoms with van der Waals surface area (Å²) in [4.78, 5) is 11.6. The van der Waals surface area contributed by atoms with E-state index < -0.39 is 21.5 Å². The predicted octanol–water partition coefficient (Wildman–Crippen LogP) is 0.312. The van der Waals surface area contributed by atoms with Gasteiger partial charge in [-0.15, -0.1) is 0 Å². The number of rotatable bonds is 7. The van der Waals surface area contributed by atoms with Crippen molar-refractivity contribution in [3.05, 3.63) is 35.9 Å². The summed E-state index contributed by atoms with van der Waals surface area (Å²) in [5, 5.41) is 2.60. The number of carbonyl (C=O) groups excluding carboxylic acids is 1. The molecule has 0 heterocycles. The van der Waals surface area contributed by atoms with Crippen LogP contribution in [0.5, 0.6) is 0 Å². The van der Waals surface area contributed by atoms with Crippen LogP contribution in [0.1, 0.15) is 12.5 Å². The third kappa shape index (κ3) is 6.35. The molecule has 0 bridgehead atoms. The number of sulfone groups is 1. The Kier molecular flexibility index (Phi) is 5.98. The fraction of sp³-hybridized carbons (Fsp3) is 0.462. The van der Waals surface area contributed by atoms with Crippen molar-refractivity contribution in [2.75, 3.05) is 18.1 Å². The van der Waals surface area contributed by atoms with Crippen LogP contribution in [0.2, 0.25) is 0 Å². The summed E-state index contributed by atoms with van der Waals surface area (Å²) in [6, 6.07) is 9.34. The van der Waals surface area contributed by atoms with E-state index in [-0.39, 0.29) is 11.7 Å². The molecule has 5 nitrogen and oxygen atoms in total. The highest BCUT2D eigenvalue weighted by Crippen LogP contribution is 2.01. The number of hydrogen-bond acceptors (Lipinski definition) is 4. The van der Waals surface area contributed by atoms with Gasteiger partial charge in [0.15, 0.2) is 9.84 Å². The van der Waals surface area contributed by atoms with Crippen LogP contribution >= 0.6 is 0 Å². The molecule has 0 aliphatic carbocycles. The van der Waals surface area contributed by atoms with Crippen LogP contribution in [0.4, 0.5) is 0 Å². The second-order valence-electron chi connectivity index (χ2n) is 4.66. The van der Waals surface area contributed by atoms with Gasteiger partial charge in [-0.25, -0.2) is 8.42 Å². The minimum atomic E-state index is -3.39. The van der Waals surface area contributed by atoms with Gasteiger partial charge < -0.3 is 11.1 Å². The van der Waals surface area contributed by atoms with Crippen molar-refractivity contribution < 1.29 is 13.2 Å². The minimum absolute atomic E-state index is 0.0533. The average Bonchev–Trinajstić information content (AvgIpc) is 2.36. The van der Waals surface area contributed by atoms with E-state index in [1.54, 1.807) is 6.92 Å². The van der Waals surface area contributed by atoms with E-state index in [9.17, 15) is 13.2 Å². The molecule has 1 amide bonds. The Hall–Kier alpha value is -1.40. The third-order valence-electron chi connectivity index (χ3n) is 2.62. The van der Waals surface area contributed by atoms with E-state index >= 15 is 0 Å².